The van der Waals surface area contributed by atoms with E-state index >= 15 is 0 Å². The Morgan fingerprint density at radius 1 is 1.62 bits per heavy atom. The summed E-state index contributed by atoms with van der Waals surface area (Å²) in [4.78, 5) is 13.8. The molecule has 4 heteroatoms. The first kappa shape index (κ1) is 11.2. The lowest BCUT2D eigenvalue weighted by Gasteiger charge is -2.32. The van der Waals surface area contributed by atoms with E-state index < -0.39 is 0 Å². The molecule has 1 heterocycles. The lowest BCUT2D eigenvalue weighted by molar-refractivity contribution is -0.133. The maximum atomic E-state index is 12.0. The van der Waals surface area contributed by atoms with Crippen molar-refractivity contribution in [3.63, 3.8) is 0 Å². The molecular formula is C12H17N3O. The number of hydrogen-bond acceptors (Lipinski definition) is 3. The Hall–Kier alpha value is -1.34. The molecule has 1 aliphatic heterocycles. The molecular weight excluding hydrogens is 202 g/mol. The molecule has 0 aromatic heterocycles. The average molecular weight is 219 g/mol. The summed E-state index contributed by atoms with van der Waals surface area (Å²) in [6.07, 6.45) is 6.99. The van der Waals surface area contributed by atoms with E-state index in [9.17, 15) is 4.79 Å². The molecule has 16 heavy (non-hydrogen) atoms. The van der Waals surface area contributed by atoms with Crippen LogP contribution >= 0.6 is 0 Å². The molecule has 2 unspecified atom stereocenters. The minimum atomic E-state index is -0.286. The topological polar surface area (TPSA) is 56.1 Å². The molecule has 1 fully saturated rings. The van der Waals surface area contributed by atoms with Gasteiger partial charge in [0.15, 0.2) is 0 Å². The van der Waals surface area contributed by atoms with E-state index in [0.29, 0.717) is 25.4 Å². The summed E-state index contributed by atoms with van der Waals surface area (Å²) in [6.45, 7) is 2.06. The lowest BCUT2D eigenvalue weighted by atomic mass is 10.0. The van der Waals surface area contributed by atoms with Crippen molar-refractivity contribution >= 4 is 5.91 Å². The highest BCUT2D eigenvalue weighted by molar-refractivity contribution is 5.77. The Balaban J connectivity index is 1.91. The molecule has 0 aromatic carbocycles. The van der Waals surface area contributed by atoms with Crippen LogP contribution in [0.2, 0.25) is 0 Å². The zero-order chi connectivity index (χ0) is 11.4. The standard InChI is InChI=1S/C12H17N3O/c13-8-11-9-14-5-6-15(11)12(16)7-10-3-1-2-4-10/h1,3,10-11,14H,2,4-7,9H2. The van der Waals surface area contributed by atoms with Gasteiger partial charge in [0.25, 0.3) is 0 Å². The van der Waals surface area contributed by atoms with Gasteiger partial charge in [-0.15, -0.1) is 0 Å². The second kappa shape index (κ2) is 5.13. The fourth-order valence-electron chi connectivity index (χ4n) is 2.33. The van der Waals surface area contributed by atoms with Crippen molar-refractivity contribution in [2.45, 2.75) is 25.3 Å². The summed E-state index contributed by atoms with van der Waals surface area (Å²) in [5, 5.41) is 12.1. The van der Waals surface area contributed by atoms with Crippen LogP contribution in [0.1, 0.15) is 19.3 Å². The van der Waals surface area contributed by atoms with Gasteiger partial charge < -0.3 is 10.2 Å². The largest absolute Gasteiger partial charge is 0.324 e. The number of hydrogen-bond donors (Lipinski definition) is 1. The number of amides is 1. The van der Waals surface area contributed by atoms with Crippen molar-refractivity contribution < 1.29 is 4.79 Å². The minimum absolute atomic E-state index is 0.129. The number of nitriles is 1. The first-order valence-corrected chi connectivity index (χ1v) is 5.87. The quantitative estimate of drug-likeness (QED) is 0.694. The molecule has 2 rings (SSSR count). The van der Waals surface area contributed by atoms with Crippen LogP contribution < -0.4 is 5.32 Å². The van der Waals surface area contributed by atoms with Gasteiger partial charge in [0.05, 0.1) is 6.07 Å². The van der Waals surface area contributed by atoms with Gasteiger partial charge in [-0.1, -0.05) is 12.2 Å². The third kappa shape index (κ3) is 2.42. The van der Waals surface area contributed by atoms with E-state index in [1.807, 2.05) is 0 Å². The Labute approximate surface area is 95.9 Å². The summed E-state index contributed by atoms with van der Waals surface area (Å²) in [5.41, 5.74) is 0. The number of nitrogens with one attached hydrogen (secondary N) is 1. The van der Waals surface area contributed by atoms with Gasteiger partial charge in [-0.25, -0.2) is 0 Å². The van der Waals surface area contributed by atoms with Crippen LogP contribution in [0.25, 0.3) is 0 Å². The van der Waals surface area contributed by atoms with E-state index in [1.54, 1.807) is 4.90 Å². The normalized spacial score (nSPS) is 29.1. The average Bonchev–Trinajstić information content (AvgIpc) is 2.81. The smallest absolute Gasteiger partial charge is 0.224 e. The van der Waals surface area contributed by atoms with Crippen LogP contribution in [0, 0.1) is 17.2 Å². The Kier molecular flexibility index (Phi) is 3.58. The molecule has 0 aromatic rings. The van der Waals surface area contributed by atoms with Crippen molar-refractivity contribution in [3.8, 4) is 6.07 Å². The summed E-state index contributed by atoms with van der Waals surface area (Å²) < 4.78 is 0. The second-order valence-corrected chi connectivity index (χ2v) is 4.41. The lowest BCUT2D eigenvalue weighted by Crippen LogP contribution is -2.53. The SMILES string of the molecule is N#CC1CNCCN1C(=O)CC1C=CCC1. The van der Waals surface area contributed by atoms with E-state index in [-0.39, 0.29) is 11.9 Å². The Bertz CT molecular complexity index is 332. The molecule has 0 bridgehead atoms. The van der Waals surface area contributed by atoms with Gasteiger partial charge in [-0.05, 0) is 18.8 Å². The van der Waals surface area contributed by atoms with Gasteiger partial charge in [-0.3, -0.25) is 4.79 Å². The van der Waals surface area contributed by atoms with Gasteiger partial charge in [0.1, 0.15) is 6.04 Å². The monoisotopic (exact) mass is 219 g/mol. The van der Waals surface area contributed by atoms with Gasteiger partial charge in [-0.2, -0.15) is 5.26 Å². The summed E-state index contributed by atoms with van der Waals surface area (Å²) in [5.74, 6) is 0.520. The second-order valence-electron chi connectivity index (χ2n) is 4.41. The third-order valence-corrected chi connectivity index (χ3v) is 3.26. The molecule has 0 spiro atoms. The Morgan fingerprint density at radius 3 is 3.19 bits per heavy atom. The molecule has 2 atom stereocenters. The van der Waals surface area contributed by atoms with E-state index in [1.165, 1.54) is 0 Å². The first-order valence-electron chi connectivity index (χ1n) is 5.87. The highest BCUT2D eigenvalue weighted by Crippen LogP contribution is 2.21. The zero-order valence-corrected chi connectivity index (χ0v) is 9.35. The van der Waals surface area contributed by atoms with E-state index in [4.69, 9.17) is 5.26 Å². The van der Waals surface area contributed by atoms with Crippen molar-refractivity contribution in [1.82, 2.24) is 10.2 Å². The molecule has 4 nitrogen and oxygen atoms in total. The van der Waals surface area contributed by atoms with Crippen LogP contribution in [0.15, 0.2) is 12.2 Å². The van der Waals surface area contributed by atoms with Crippen molar-refractivity contribution in [2.75, 3.05) is 19.6 Å². The summed E-state index contributed by atoms with van der Waals surface area (Å²) >= 11 is 0. The predicted octanol–water partition coefficient (Wildman–Crippen LogP) is 0.667. The molecule has 2 aliphatic rings. The highest BCUT2D eigenvalue weighted by Gasteiger charge is 2.27. The predicted molar refractivity (Wildman–Crippen MR) is 60.5 cm³/mol. The van der Waals surface area contributed by atoms with Crippen LogP contribution in [-0.4, -0.2) is 36.5 Å². The van der Waals surface area contributed by atoms with Gasteiger partial charge >= 0.3 is 0 Å². The molecule has 0 radical (unpaired) electrons. The van der Waals surface area contributed by atoms with Crippen LogP contribution in [0.4, 0.5) is 0 Å². The fourth-order valence-corrected chi connectivity index (χ4v) is 2.33. The number of nitrogens with zero attached hydrogens (tertiary/aromatic N) is 2. The number of carbonyl (C=O) groups is 1. The summed E-state index contributed by atoms with van der Waals surface area (Å²) in [6, 6.07) is 1.90. The van der Waals surface area contributed by atoms with E-state index in [0.717, 1.165) is 19.4 Å². The molecule has 1 amide bonds. The highest BCUT2D eigenvalue weighted by atomic mass is 16.2. The first-order chi connectivity index (χ1) is 7.81. The maximum Gasteiger partial charge on any atom is 0.224 e. The number of rotatable bonds is 2. The number of allylic oxidation sites excluding steroid dienone is 2. The van der Waals surface area contributed by atoms with Gasteiger partial charge in [0.2, 0.25) is 5.91 Å². The third-order valence-electron chi connectivity index (χ3n) is 3.26. The summed E-state index contributed by atoms with van der Waals surface area (Å²) in [7, 11) is 0. The van der Waals surface area contributed by atoms with Crippen molar-refractivity contribution in [2.24, 2.45) is 5.92 Å². The van der Waals surface area contributed by atoms with E-state index in [2.05, 4.69) is 23.5 Å². The fraction of sp³-hybridized carbons (Fsp3) is 0.667. The maximum absolute atomic E-state index is 12.0. The zero-order valence-electron chi connectivity index (χ0n) is 9.35. The van der Waals surface area contributed by atoms with Crippen molar-refractivity contribution in [3.05, 3.63) is 12.2 Å². The Morgan fingerprint density at radius 2 is 2.50 bits per heavy atom. The van der Waals surface area contributed by atoms with Crippen LogP contribution in [0.5, 0.6) is 0 Å². The molecule has 1 N–H and O–H groups in total. The number of carbonyl (C=O) groups excluding carboxylic acids is 1. The molecule has 1 saturated heterocycles. The van der Waals surface area contributed by atoms with Crippen LogP contribution in [0.3, 0.4) is 0 Å². The molecule has 1 aliphatic carbocycles. The van der Waals surface area contributed by atoms with Crippen LogP contribution in [-0.2, 0) is 4.79 Å². The van der Waals surface area contributed by atoms with Gasteiger partial charge in [0, 0.05) is 26.1 Å². The minimum Gasteiger partial charge on any atom is -0.324 e. The molecule has 86 valence electrons. The number of piperazine rings is 1. The molecule has 0 saturated carbocycles. The van der Waals surface area contributed by atoms with Crippen molar-refractivity contribution in [1.29, 1.82) is 5.26 Å².